The molecule has 0 saturated carbocycles. The van der Waals surface area contributed by atoms with Crippen LogP contribution >= 0.6 is 0 Å². The zero-order valence-corrected chi connectivity index (χ0v) is 16.6. The molecule has 0 unspecified atom stereocenters. The van der Waals surface area contributed by atoms with Gasteiger partial charge in [0.1, 0.15) is 11.4 Å². The average Bonchev–Trinajstić information content (AvgIpc) is 2.78. The summed E-state index contributed by atoms with van der Waals surface area (Å²) in [6, 6.07) is 21.4. The highest BCUT2D eigenvalue weighted by atomic mass is 16.5. The van der Waals surface area contributed by atoms with Gasteiger partial charge in [0.2, 0.25) is 0 Å². The lowest BCUT2D eigenvalue weighted by atomic mass is 9.99. The standard InChI is InChI=1S/C24H23N3O2/c1-3-15-27(23-22(24(28)29-2)9-6-14-26-23)17-18-10-12-19(13-11-18)21-8-5-4-7-20(21)16-25/h4-14H,3,15,17H2,1-2H3. The van der Waals surface area contributed by atoms with Crippen LogP contribution in [0.2, 0.25) is 0 Å². The van der Waals surface area contributed by atoms with E-state index in [1.807, 2.05) is 48.5 Å². The van der Waals surface area contributed by atoms with Gasteiger partial charge in [-0.25, -0.2) is 9.78 Å². The van der Waals surface area contributed by atoms with Crippen molar-refractivity contribution in [3.8, 4) is 17.2 Å². The van der Waals surface area contributed by atoms with Crippen molar-refractivity contribution in [2.45, 2.75) is 19.9 Å². The summed E-state index contributed by atoms with van der Waals surface area (Å²) in [5, 5.41) is 9.33. The molecule has 5 heteroatoms. The Labute approximate surface area is 171 Å². The van der Waals surface area contributed by atoms with E-state index in [1.54, 1.807) is 18.3 Å². The largest absolute Gasteiger partial charge is 0.465 e. The van der Waals surface area contributed by atoms with Crippen LogP contribution in [0, 0.1) is 11.3 Å². The molecule has 3 aromatic rings. The average molecular weight is 385 g/mol. The van der Waals surface area contributed by atoms with Crippen molar-refractivity contribution < 1.29 is 9.53 Å². The number of rotatable bonds is 7. The predicted octanol–water partition coefficient (Wildman–Crippen LogP) is 4.82. The van der Waals surface area contributed by atoms with E-state index < -0.39 is 5.97 Å². The van der Waals surface area contributed by atoms with Gasteiger partial charge in [0.15, 0.2) is 0 Å². The molecule has 29 heavy (non-hydrogen) atoms. The van der Waals surface area contributed by atoms with Crippen molar-refractivity contribution in [3.63, 3.8) is 0 Å². The summed E-state index contributed by atoms with van der Waals surface area (Å²) in [4.78, 5) is 18.7. The van der Waals surface area contributed by atoms with Crippen LogP contribution in [0.1, 0.15) is 34.8 Å². The van der Waals surface area contributed by atoms with Crippen LogP contribution in [0.3, 0.4) is 0 Å². The van der Waals surface area contributed by atoms with E-state index in [1.165, 1.54) is 7.11 Å². The SMILES string of the molecule is CCCN(Cc1ccc(-c2ccccc2C#N)cc1)c1ncccc1C(=O)OC. The monoisotopic (exact) mass is 385 g/mol. The first-order valence-corrected chi connectivity index (χ1v) is 9.54. The molecule has 0 atom stereocenters. The Balaban J connectivity index is 1.88. The molecule has 1 heterocycles. The third-order valence-corrected chi connectivity index (χ3v) is 4.67. The summed E-state index contributed by atoms with van der Waals surface area (Å²) in [7, 11) is 1.38. The van der Waals surface area contributed by atoms with Crippen molar-refractivity contribution in [1.82, 2.24) is 4.98 Å². The molecule has 146 valence electrons. The number of esters is 1. The fraction of sp³-hybridized carbons (Fsp3) is 0.208. The number of methoxy groups -OCH3 is 1. The second-order valence-corrected chi connectivity index (χ2v) is 6.64. The van der Waals surface area contributed by atoms with E-state index in [0.717, 1.165) is 29.7 Å². The van der Waals surface area contributed by atoms with Crippen molar-refractivity contribution in [3.05, 3.63) is 83.6 Å². The van der Waals surface area contributed by atoms with Crippen LogP contribution < -0.4 is 4.90 Å². The summed E-state index contributed by atoms with van der Waals surface area (Å²) in [5.74, 6) is 0.234. The van der Waals surface area contributed by atoms with Gasteiger partial charge in [-0.1, -0.05) is 49.4 Å². The number of carbonyl (C=O) groups is 1. The summed E-state index contributed by atoms with van der Waals surface area (Å²) in [6.07, 6.45) is 2.61. The van der Waals surface area contributed by atoms with E-state index in [2.05, 4.69) is 22.9 Å². The number of nitriles is 1. The van der Waals surface area contributed by atoms with Gasteiger partial charge in [-0.05, 0) is 41.3 Å². The maximum absolute atomic E-state index is 12.1. The van der Waals surface area contributed by atoms with E-state index in [9.17, 15) is 10.1 Å². The van der Waals surface area contributed by atoms with E-state index in [-0.39, 0.29) is 0 Å². The topological polar surface area (TPSA) is 66.2 Å². The van der Waals surface area contributed by atoms with Crippen LogP contribution in [0.4, 0.5) is 5.82 Å². The summed E-state index contributed by atoms with van der Waals surface area (Å²) in [5.41, 5.74) is 4.14. The van der Waals surface area contributed by atoms with Gasteiger partial charge in [0.25, 0.3) is 0 Å². The summed E-state index contributed by atoms with van der Waals surface area (Å²) in [6.45, 7) is 3.48. The normalized spacial score (nSPS) is 10.2. The molecule has 0 amide bonds. The number of pyridine rings is 1. The number of benzene rings is 2. The maximum Gasteiger partial charge on any atom is 0.341 e. The number of hydrogen-bond donors (Lipinski definition) is 0. The highest BCUT2D eigenvalue weighted by molar-refractivity contribution is 5.94. The molecule has 0 saturated heterocycles. The van der Waals surface area contributed by atoms with Crippen molar-refractivity contribution >= 4 is 11.8 Å². The fourth-order valence-corrected chi connectivity index (χ4v) is 3.29. The van der Waals surface area contributed by atoms with Gasteiger partial charge in [0, 0.05) is 19.3 Å². The van der Waals surface area contributed by atoms with Crippen LogP contribution in [0.25, 0.3) is 11.1 Å². The summed E-state index contributed by atoms with van der Waals surface area (Å²) < 4.78 is 4.91. The lowest BCUT2D eigenvalue weighted by Gasteiger charge is -2.25. The zero-order chi connectivity index (χ0) is 20.6. The highest BCUT2D eigenvalue weighted by Gasteiger charge is 2.18. The molecule has 2 aromatic carbocycles. The Hall–Kier alpha value is -3.65. The minimum absolute atomic E-state index is 0.391. The number of carbonyl (C=O) groups excluding carboxylic acids is 1. The molecule has 0 aliphatic rings. The lowest BCUT2D eigenvalue weighted by molar-refractivity contribution is 0.0601. The minimum Gasteiger partial charge on any atom is -0.465 e. The first kappa shape index (κ1) is 20.1. The third kappa shape index (κ3) is 4.61. The van der Waals surface area contributed by atoms with Gasteiger partial charge in [-0.15, -0.1) is 0 Å². The molecule has 1 aromatic heterocycles. The van der Waals surface area contributed by atoms with Gasteiger partial charge in [-0.2, -0.15) is 5.26 Å². The number of anilines is 1. The minimum atomic E-state index is -0.391. The molecular weight excluding hydrogens is 362 g/mol. The van der Waals surface area contributed by atoms with Crippen molar-refractivity contribution in [2.75, 3.05) is 18.6 Å². The number of ether oxygens (including phenoxy) is 1. The predicted molar refractivity (Wildman–Crippen MR) is 114 cm³/mol. The Kier molecular flexibility index (Phi) is 6.59. The molecule has 3 rings (SSSR count). The maximum atomic E-state index is 12.1. The zero-order valence-electron chi connectivity index (χ0n) is 16.6. The van der Waals surface area contributed by atoms with Gasteiger partial charge >= 0.3 is 5.97 Å². The Morgan fingerprint density at radius 1 is 1.10 bits per heavy atom. The molecule has 5 nitrogen and oxygen atoms in total. The molecule has 0 spiro atoms. The van der Waals surface area contributed by atoms with Gasteiger partial charge in [0.05, 0.1) is 18.7 Å². The number of aromatic nitrogens is 1. The van der Waals surface area contributed by atoms with Gasteiger partial charge in [-0.3, -0.25) is 0 Å². The molecule has 0 radical (unpaired) electrons. The van der Waals surface area contributed by atoms with E-state index in [4.69, 9.17) is 4.74 Å². The van der Waals surface area contributed by atoms with E-state index in [0.29, 0.717) is 23.5 Å². The lowest BCUT2D eigenvalue weighted by Crippen LogP contribution is -2.26. The Morgan fingerprint density at radius 2 is 1.86 bits per heavy atom. The first-order valence-electron chi connectivity index (χ1n) is 9.54. The third-order valence-electron chi connectivity index (χ3n) is 4.67. The van der Waals surface area contributed by atoms with Gasteiger partial charge < -0.3 is 9.64 Å². The first-order chi connectivity index (χ1) is 14.2. The van der Waals surface area contributed by atoms with Crippen LogP contribution in [0.15, 0.2) is 66.9 Å². The second kappa shape index (κ2) is 9.52. The van der Waals surface area contributed by atoms with Crippen LogP contribution in [0.5, 0.6) is 0 Å². The van der Waals surface area contributed by atoms with Crippen LogP contribution in [-0.4, -0.2) is 24.6 Å². The molecule has 0 N–H and O–H groups in total. The van der Waals surface area contributed by atoms with Crippen molar-refractivity contribution in [1.29, 1.82) is 5.26 Å². The number of nitrogens with zero attached hydrogens (tertiary/aromatic N) is 3. The Bertz CT molecular complexity index is 1020. The Morgan fingerprint density at radius 3 is 2.55 bits per heavy atom. The summed E-state index contributed by atoms with van der Waals surface area (Å²) >= 11 is 0. The smallest absolute Gasteiger partial charge is 0.341 e. The molecule has 0 fully saturated rings. The molecule has 0 aliphatic carbocycles. The molecule has 0 bridgehead atoms. The van der Waals surface area contributed by atoms with E-state index >= 15 is 0 Å². The second-order valence-electron chi connectivity index (χ2n) is 6.64. The molecular formula is C24H23N3O2. The quantitative estimate of drug-likeness (QED) is 0.545. The fourth-order valence-electron chi connectivity index (χ4n) is 3.29. The highest BCUT2D eigenvalue weighted by Crippen LogP contribution is 2.25. The molecule has 0 aliphatic heterocycles. The van der Waals surface area contributed by atoms with Crippen molar-refractivity contribution in [2.24, 2.45) is 0 Å². The number of hydrogen-bond acceptors (Lipinski definition) is 5. The van der Waals surface area contributed by atoms with Crippen LogP contribution in [-0.2, 0) is 11.3 Å².